The molecule has 3 nitrogen and oxygen atoms in total. The van der Waals surface area contributed by atoms with E-state index in [0.717, 1.165) is 25.8 Å². The summed E-state index contributed by atoms with van der Waals surface area (Å²) >= 11 is 1.81. The summed E-state index contributed by atoms with van der Waals surface area (Å²) in [5, 5.41) is 2.13. The fourth-order valence-corrected chi connectivity index (χ4v) is 3.53. The predicted octanol–water partition coefficient (Wildman–Crippen LogP) is 2.71. The molecule has 0 fully saturated rings. The molecule has 2 N–H and O–H groups in total. The molecule has 18 heavy (non-hydrogen) atoms. The number of carbonyl (C=O) groups is 1. The lowest BCUT2D eigenvalue weighted by Crippen LogP contribution is -2.38. The first-order chi connectivity index (χ1) is 8.59. The zero-order valence-electron chi connectivity index (χ0n) is 11.2. The molecule has 1 aromatic rings. The summed E-state index contributed by atoms with van der Waals surface area (Å²) in [5.74, 6) is 0.278. The number of hydrogen-bond donors (Lipinski definition) is 1. The molecule has 0 aliphatic carbocycles. The Hall–Kier alpha value is -0.870. The topological polar surface area (TPSA) is 46.3 Å². The zero-order chi connectivity index (χ0) is 13.1. The van der Waals surface area contributed by atoms with Crippen molar-refractivity contribution in [2.75, 3.05) is 6.54 Å². The van der Waals surface area contributed by atoms with Crippen LogP contribution >= 0.6 is 11.3 Å². The van der Waals surface area contributed by atoms with E-state index in [-0.39, 0.29) is 18.0 Å². The lowest BCUT2D eigenvalue weighted by Gasteiger charge is -2.33. The molecule has 0 saturated heterocycles. The Bertz CT molecular complexity index is 414. The summed E-state index contributed by atoms with van der Waals surface area (Å²) in [7, 11) is 0. The molecular weight excluding hydrogens is 244 g/mol. The smallest absolute Gasteiger partial charge is 0.223 e. The Balaban J connectivity index is 1.92. The standard InChI is InChI=1S/C14H22N2OS/c1-10(15)4-3-5-14(17)16-8-6-13-12(11(16)2)7-9-18-13/h7,9-11H,3-6,8,15H2,1-2H3. The van der Waals surface area contributed by atoms with Gasteiger partial charge in [0, 0.05) is 23.9 Å². The van der Waals surface area contributed by atoms with Crippen molar-refractivity contribution < 1.29 is 4.79 Å². The zero-order valence-corrected chi connectivity index (χ0v) is 12.0. The Morgan fingerprint density at radius 1 is 1.67 bits per heavy atom. The molecule has 2 unspecified atom stereocenters. The molecule has 2 heterocycles. The maximum atomic E-state index is 12.2. The fourth-order valence-electron chi connectivity index (χ4n) is 2.57. The highest BCUT2D eigenvalue weighted by Gasteiger charge is 2.27. The van der Waals surface area contributed by atoms with Gasteiger partial charge in [0.05, 0.1) is 6.04 Å². The second-order valence-electron chi connectivity index (χ2n) is 5.18. The first-order valence-corrected chi connectivity index (χ1v) is 7.59. The SMILES string of the molecule is CC(N)CCCC(=O)N1CCc2sccc2C1C. The summed E-state index contributed by atoms with van der Waals surface area (Å²) in [4.78, 5) is 15.7. The van der Waals surface area contributed by atoms with Crippen molar-refractivity contribution in [3.8, 4) is 0 Å². The van der Waals surface area contributed by atoms with Gasteiger partial charge in [-0.2, -0.15) is 0 Å². The van der Waals surface area contributed by atoms with E-state index in [4.69, 9.17) is 5.73 Å². The van der Waals surface area contributed by atoms with Crippen molar-refractivity contribution in [1.82, 2.24) is 4.90 Å². The molecule has 1 aromatic heterocycles. The van der Waals surface area contributed by atoms with Crippen LogP contribution < -0.4 is 5.73 Å². The fraction of sp³-hybridized carbons (Fsp3) is 0.643. The Morgan fingerprint density at radius 3 is 3.17 bits per heavy atom. The van der Waals surface area contributed by atoms with E-state index in [2.05, 4.69) is 18.4 Å². The highest BCUT2D eigenvalue weighted by Crippen LogP contribution is 2.33. The molecule has 1 aliphatic heterocycles. The Morgan fingerprint density at radius 2 is 2.44 bits per heavy atom. The number of fused-ring (bicyclic) bond motifs is 1. The molecule has 2 atom stereocenters. The van der Waals surface area contributed by atoms with Gasteiger partial charge in [0.2, 0.25) is 5.91 Å². The minimum atomic E-state index is 0.194. The van der Waals surface area contributed by atoms with E-state index in [1.165, 1.54) is 10.4 Å². The van der Waals surface area contributed by atoms with E-state index < -0.39 is 0 Å². The van der Waals surface area contributed by atoms with Gasteiger partial charge < -0.3 is 10.6 Å². The van der Waals surface area contributed by atoms with Crippen LogP contribution in [0.2, 0.25) is 0 Å². The summed E-state index contributed by atoms with van der Waals surface area (Å²) in [5.41, 5.74) is 7.05. The van der Waals surface area contributed by atoms with Gasteiger partial charge in [0.25, 0.3) is 0 Å². The number of hydrogen-bond acceptors (Lipinski definition) is 3. The molecule has 1 amide bonds. The van der Waals surface area contributed by atoms with Crippen LogP contribution in [0.25, 0.3) is 0 Å². The number of nitrogens with two attached hydrogens (primary N) is 1. The molecular formula is C14H22N2OS. The van der Waals surface area contributed by atoms with Gasteiger partial charge >= 0.3 is 0 Å². The monoisotopic (exact) mass is 266 g/mol. The molecule has 100 valence electrons. The number of nitrogens with zero attached hydrogens (tertiary/aromatic N) is 1. The number of thiophene rings is 1. The van der Waals surface area contributed by atoms with E-state index in [1.807, 2.05) is 23.2 Å². The van der Waals surface area contributed by atoms with Crippen molar-refractivity contribution >= 4 is 17.2 Å². The average Bonchev–Trinajstić information content (AvgIpc) is 2.77. The quantitative estimate of drug-likeness (QED) is 0.911. The highest BCUT2D eigenvalue weighted by molar-refractivity contribution is 7.10. The molecule has 0 spiro atoms. The van der Waals surface area contributed by atoms with Crippen molar-refractivity contribution in [2.45, 2.75) is 51.6 Å². The maximum absolute atomic E-state index is 12.2. The van der Waals surface area contributed by atoms with Gasteiger partial charge in [0.1, 0.15) is 0 Å². The molecule has 4 heteroatoms. The highest BCUT2D eigenvalue weighted by atomic mass is 32.1. The third-order valence-corrected chi connectivity index (χ3v) is 4.64. The third-order valence-electron chi connectivity index (χ3n) is 3.65. The molecule has 2 rings (SSSR count). The average molecular weight is 266 g/mol. The maximum Gasteiger partial charge on any atom is 0.223 e. The Labute approximate surface area is 113 Å². The molecule has 0 bridgehead atoms. The van der Waals surface area contributed by atoms with Crippen molar-refractivity contribution in [2.24, 2.45) is 5.73 Å². The van der Waals surface area contributed by atoms with Crippen LogP contribution in [0.5, 0.6) is 0 Å². The first kappa shape index (κ1) is 13.6. The van der Waals surface area contributed by atoms with Crippen LogP contribution in [0.1, 0.15) is 49.6 Å². The van der Waals surface area contributed by atoms with Crippen molar-refractivity contribution in [3.63, 3.8) is 0 Å². The van der Waals surface area contributed by atoms with E-state index in [0.29, 0.717) is 6.42 Å². The first-order valence-electron chi connectivity index (χ1n) is 6.71. The van der Waals surface area contributed by atoms with Gasteiger partial charge in [0.15, 0.2) is 0 Å². The van der Waals surface area contributed by atoms with Crippen LogP contribution in [0.15, 0.2) is 11.4 Å². The van der Waals surface area contributed by atoms with Gasteiger partial charge in [-0.15, -0.1) is 11.3 Å². The molecule has 0 radical (unpaired) electrons. The van der Waals surface area contributed by atoms with Gasteiger partial charge in [-0.25, -0.2) is 0 Å². The van der Waals surface area contributed by atoms with Crippen LogP contribution in [-0.4, -0.2) is 23.4 Å². The van der Waals surface area contributed by atoms with Crippen molar-refractivity contribution in [3.05, 3.63) is 21.9 Å². The largest absolute Gasteiger partial charge is 0.336 e. The van der Waals surface area contributed by atoms with Crippen LogP contribution in [-0.2, 0) is 11.2 Å². The van der Waals surface area contributed by atoms with Crippen LogP contribution in [0.3, 0.4) is 0 Å². The summed E-state index contributed by atoms with van der Waals surface area (Å²) < 4.78 is 0. The van der Waals surface area contributed by atoms with Gasteiger partial charge in [-0.3, -0.25) is 4.79 Å². The third kappa shape index (κ3) is 2.93. The predicted molar refractivity (Wildman–Crippen MR) is 75.7 cm³/mol. The van der Waals surface area contributed by atoms with Gasteiger partial charge in [-0.05, 0) is 50.1 Å². The van der Waals surface area contributed by atoms with E-state index >= 15 is 0 Å². The summed E-state index contributed by atoms with van der Waals surface area (Å²) in [6, 6.07) is 2.59. The number of amides is 1. The van der Waals surface area contributed by atoms with Gasteiger partial charge in [-0.1, -0.05) is 0 Å². The Kier molecular flexibility index (Phi) is 4.40. The second kappa shape index (κ2) is 5.85. The second-order valence-corrected chi connectivity index (χ2v) is 6.18. The molecule has 0 aromatic carbocycles. The van der Waals surface area contributed by atoms with E-state index in [9.17, 15) is 4.79 Å². The lowest BCUT2D eigenvalue weighted by molar-refractivity contribution is -0.133. The lowest BCUT2D eigenvalue weighted by atomic mass is 10.0. The minimum Gasteiger partial charge on any atom is -0.336 e. The van der Waals surface area contributed by atoms with Crippen LogP contribution in [0.4, 0.5) is 0 Å². The number of carbonyl (C=O) groups excluding carboxylic acids is 1. The molecule has 1 aliphatic rings. The summed E-state index contributed by atoms with van der Waals surface area (Å²) in [6.45, 7) is 4.99. The normalized spacial score (nSPS) is 20.6. The number of rotatable bonds is 4. The molecule has 0 saturated carbocycles. The minimum absolute atomic E-state index is 0.194. The van der Waals surface area contributed by atoms with Crippen LogP contribution in [0, 0.1) is 0 Å². The van der Waals surface area contributed by atoms with Crippen molar-refractivity contribution in [1.29, 1.82) is 0 Å². The van der Waals surface area contributed by atoms with E-state index in [1.54, 1.807) is 0 Å². The summed E-state index contributed by atoms with van der Waals surface area (Å²) in [6.07, 6.45) is 3.47.